The van der Waals surface area contributed by atoms with Crippen LogP contribution >= 0.6 is 38.9 Å². The summed E-state index contributed by atoms with van der Waals surface area (Å²) in [5.41, 5.74) is -0.581. The van der Waals surface area contributed by atoms with Crippen molar-refractivity contribution in [2.24, 2.45) is 5.92 Å². The Morgan fingerprint density at radius 2 is 2.23 bits per heavy atom. The van der Waals surface area contributed by atoms with E-state index in [0.29, 0.717) is 10.6 Å². The van der Waals surface area contributed by atoms with Gasteiger partial charge in [-0.1, -0.05) is 33.6 Å². The number of halogens is 2. The van der Waals surface area contributed by atoms with Crippen LogP contribution in [0.2, 0.25) is 5.02 Å². The molecule has 0 aliphatic heterocycles. The Morgan fingerprint density at radius 3 is 2.86 bits per heavy atom. The van der Waals surface area contributed by atoms with Crippen LogP contribution in [0.4, 0.5) is 0 Å². The third-order valence-electron chi connectivity index (χ3n) is 3.89. The number of rotatable bonds is 5. The van der Waals surface area contributed by atoms with Crippen LogP contribution in [0.1, 0.15) is 28.1 Å². The van der Waals surface area contributed by atoms with Gasteiger partial charge in [-0.15, -0.1) is 11.3 Å². The zero-order valence-electron chi connectivity index (χ0n) is 11.7. The van der Waals surface area contributed by atoms with Crippen LogP contribution in [-0.2, 0) is 5.60 Å². The minimum atomic E-state index is -0.984. The average Bonchev–Trinajstić information content (AvgIpc) is 3.22. The van der Waals surface area contributed by atoms with E-state index in [9.17, 15) is 9.90 Å². The molecule has 2 N–H and O–H groups in total. The molecule has 1 aromatic heterocycles. The summed E-state index contributed by atoms with van der Waals surface area (Å²) in [6.07, 6.45) is 1.98. The van der Waals surface area contributed by atoms with E-state index in [1.807, 2.05) is 17.5 Å². The highest BCUT2D eigenvalue weighted by molar-refractivity contribution is 9.10. The highest BCUT2D eigenvalue weighted by Crippen LogP contribution is 2.46. The average molecular weight is 401 g/mol. The lowest BCUT2D eigenvalue weighted by Crippen LogP contribution is -2.42. The van der Waals surface area contributed by atoms with Crippen molar-refractivity contribution in [1.29, 1.82) is 0 Å². The van der Waals surface area contributed by atoms with Crippen LogP contribution in [0.25, 0.3) is 0 Å². The normalized spacial score (nSPS) is 17.0. The summed E-state index contributed by atoms with van der Waals surface area (Å²) in [5.74, 6) is -0.0636. The van der Waals surface area contributed by atoms with Crippen LogP contribution < -0.4 is 5.32 Å². The maximum absolute atomic E-state index is 12.4. The first-order valence-corrected chi connectivity index (χ1v) is 9.05. The third-order valence-corrected chi connectivity index (χ3v) is 5.75. The molecule has 1 aromatic carbocycles. The van der Waals surface area contributed by atoms with Gasteiger partial charge in [0.2, 0.25) is 0 Å². The maximum atomic E-state index is 12.4. The molecule has 1 aliphatic carbocycles. The van der Waals surface area contributed by atoms with E-state index in [4.69, 9.17) is 11.6 Å². The molecule has 6 heteroatoms. The van der Waals surface area contributed by atoms with Gasteiger partial charge in [0.1, 0.15) is 5.60 Å². The number of aliphatic hydroxyl groups is 1. The van der Waals surface area contributed by atoms with Crippen molar-refractivity contribution in [2.45, 2.75) is 18.4 Å². The topological polar surface area (TPSA) is 49.3 Å². The van der Waals surface area contributed by atoms with Gasteiger partial charge in [-0.3, -0.25) is 4.79 Å². The number of hydrogen-bond donors (Lipinski definition) is 2. The van der Waals surface area contributed by atoms with E-state index in [2.05, 4.69) is 21.2 Å². The van der Waals surface area contributed by atoms with Crippen LogP contribution in [0.3, 0.4) is 0 Å². The van der Waals surface area contributed by atoms with Crippen molar-refractivity contribution in [1.82, 2.24) is 5.32 Å². The first-order valence-electron chi connectivity index (χ1n) is 7.00. The summed E-state index contributed by atoms with van der Waals surface area (Å²) in [4.78, 5) is 13.3. The fourth-order valence-electron chi connectivity index (χ4n) is 2.50. The lowest BCUT2D eigenvalue weighted by atomic mass is 9.95. The second kappa shape index (κ2) is 6.32. The zero-order chi connectivity index (χ0) is 15.7. The molecule has 1 amide bonds. The predicted molar refractivity (Wildman–Crippen MR) is 92.4 cm³/mol. The highest BCUT2D eigenvalue weighted by Gasteiger charge is 2.46. The van der Waals surface area contributed by atoms with Crippen molar-refractivity contribution in [3.63, 3.8) is 0 Å². The minimum Gasteiger partial charge on any atom is -0.382 e. The number of amides is 1. The maximum Gasteiger partial charge on any atom is 0.252 e. The van der Waals surface area contributed by atoms with Gasteiger partial charge in [-0.25, -0.2) is 0 Å². The largest absolute Gasteiger partial charge is 0.382 e. The second-order valence-electron chi connectivity index (χ2n) is 5.48. The Bertz CT molecular complexity index is 687. The zero-order valence-corrected chi connectivity index (χ0v) is 14.8. The first-order chi connectivity index (χ1) is 10.5. The van der Waals surface area contributed by atoms with E-state index < -0.39 is 5.60 Å². The number of carbonyl (C=O) groups excluding carboxylic acids is 1. The summed E-state index contributed by atoms with van der Waals surface area (Å²) in [6.45, 7) is 0.194. The van der Waals surface area contributed by atoms with Crippen LogP contribution in [0, 0.1) is 5.92 Å². The number of nitrogens with one attached hydrogen (secondary N) is 1. The fraction of sp³-hybridized carbons (Fsp3) is 0.312. The molecule has 0 unspecified atom stereocenters. The minimum absolute atomic E-state index is 0.194. The molecule has 0 saturated heterocycles. The van der Waals surface area contributed by atoms with Crippen molar-refractivity contribution < 1.29 is 9.90 Å². The van der Waals surface area contributed by atoms with Crippen molar-refractivity contribution in [3.05, 3.63) is 55.6 Å². The van der Waals surface area contributed by atoms with E-state index in [1.165, 1.54) is 11.3 Å². The molecular weight excluding hydrogens is 386 g/mol. The lowest BCUT2D eigenvalue weighted by Gasteiger charge is -2.27. The SMILES string of the molecule is O=C(NC[C@@](O)(c1cccs1)C1CC1)c1cc(Br)ccc1Cl. The second-order valence-corrected chi connectivity index (χ2v) is 7.75. The molecule has 22 heavy (non-hydrogen) atoms. The molecule has 1 aliphatic rings. The summed E-state index contributed by atoms with van der Waals surface area (Å²) in [6, 6.07) is 8.97. The summed E-state index contributed by atoms with van der Waals surface area (Å²) >= 11 is 10.9. The number of thiophene rings is 1. The van der Waals surface area contributed by atoms with Crippen molar-refractivity contribution in [2.75, 3.05) is 6.54 Å². The molecule has 0 bridgehead atoms. The number of hydrogen-bond acceptors (Lipinski definition) is 3. The first kappa shape index (κ1) is 16.0. The predicted octanol–water partition coefficient (Wildman–Crippen LogP) is 4.19. The van der Waals surface area contributed by atoms with Crippen LogP contribution in [0.15, 0.2) is 40.2 Å². The van der Waals surface area contributed by atoms with Gasteiger partial charge in [0, 0.05) is 9.35 Å². The molecule has 3 nitrogen and oxygen atoms in total. The van der Waals surface area contributed by atoms with Gasteiger partial charge in [0.15, 0.2) is 0 Å². The molecular formula is C16H15BrClNO2S. The van der Waals surface area contributed by atoms with Crippen LogP contribution in [0.5, 0.6) is 0 Å². The summed E-state index contributed by atoms with van der Waals surface area (Å²) in [5, 5.41) is 16.1. The Kier molecular flexibility index (Phi) is 4.59. The van der Waals surface area contributed by atoms with E-state index in [-0.39, 0.29) is 18.4 Å². The van der Waals surface area contributed by atoms with Gasteiger partial charge in [0.05, 0.1) is 17.1 Å². The monoisotopic (exact) mass is 399 g/mol. The molecule has 0 radical (unpaired) electrons. The van der Waals surface area contributed by atoms with Gasteiger partial charge in [0.25, 0.3) is 5.91 Å². The number of benzene rings is 1. The molecule has 1 saturated carbocycles. The molecule has 0 spiro atoms. The lowest BCUT2D eigenvalue weighted by molar-refractivity contribution is 0.0169. The standard InChI is InChI=1S/C16H15BrClNO2S/c17-11-5-6-13(18)12(8-11)15(20)19-9-16(21,10-3-4-10)14-2-1-7-22-14/h1-2,5-8,10,21H,3-4,9H2,(H,19,20)/t16-/m0/s1. The molecule has 116 valence electrons. The van der Waals surface area contributed by atoms with Gasteiger partial charge >= 0.3 is 0 Å². The van der Waals surface area contributed by atoms with Gasteiger partial charge < -0.3 is 10.4 Å². The Labute approximate surface area is 146 Å². The molecule has 1 fully saturated rings. The van der Waals surface area contributed by atoms with E-state index in [0.717, 1.165) is 22.2 Å². The fourth-order valence-corrected chi connectivity index (χ4v) is 3.97. The highest BCUT2D eigenvalue weighted by atomic mass is 79.9. The third kappa shape index (κ3) is 3.23. The Hall–Kier alpha value is -0.880. The smallest absolute Gasteiger partial charge is 0.252 e. The van der Waals surface area contributed by atoms with Crippen LogP contribution in [-0.4, -0.2) is 17.6 Å². The van der Waals surface area contributed by atoms with Crippen molar-refractivity contribution >= 4 is 44.8 Å². The Balaban J connectivity index is 1.75. The van der Waals surface area contributed by atoms with Crippen molar-refractivity contribution in [3.8, 4) is 0 Å². The molecule has 1 atom stereocenters. The summed E-state index contributed by atoms with van der Waals surface area (Å²) in [7, 11) is 0. The van der Waals surface area contributed by atoms with E-state index >= 15 is 0 Å². The summed E-state index contributed by atoms with van der Waals surface area (Å²) < 4.78 is 0.790. The quantitative estimate of drug-likeness (QED) is 0.790. The van der Waals surface area contributed by atoms with Gasteiger partial charge in [-0.05, 0) is 48.4 Å². The Morgan fingerprint density at radius 1 is 1.45 bits per heavy atom. The molecule has 2 aromatic rings. The number of carbonyl (C=O) groups is 1. The molecule has 1 heterocycles. The van der Waals surface area contributed by atoms with Gasteiger partial charge in [-0.2, -0.15) is 0 Å². The van der Waals surface area contributed by atoms with E-state index in [1.54, 1.807) is 18.2 Å². The molecule has 3 rings (SSSR count).